The van der Waals surface area contributed by atoms with Crippen LogP contribution in [-0.4, -0.2) is 29.8 Å². The molecular formula is C25H25N3O4S. The van der Waals surface area contributed by atoms with Gasteiger partial charge in [0.1, 0.15) is 11.5 Å². The lowest BCUT2D eigenvalue weighted by atomic mass is 10.2. The van der Waals surface area contributed by atoms with Crippen molar-refractivity contribution >= 4 is 17.2 Å². The van der Waals surface area contributed by atoms with E-state index in [1.165, 1.54) is 11.3 Å². The second kappa shape index (κ2) is 10.8. The summed E-state index contributed by atoms with van der Waals surface area (Å²) in [4.78, 5) is 18.4. The minimum absolute atomic E-state index is 0.145. The Balaban J connectivity index is 1.34. The van der Waals surface area contributed by atoms with Crippen LogP contribution in [0.5, 0.6) is 11.5 Å². The molecule has 0 fully saturated rings. The lowest BCUT2D eigenvalue weighted by Gasteiger charge is -2.07. The van der Waals surface area contributed by atoms with Crippen molar-refractivity contribution in [2.24, 2.45) is 0 Å². The molecule has 0 saturated carbocycles. The van der Waals surface area contributed by atoms with E-state index in [-0.39, 0.29) is 5.91 Å². The van der Waals surface area contributed by atoms with E-state index in [1.807, 2.05) is 54.6 Å². The lowest BCUT2D eigenvalue weighted by Crippen LogP contribution is -2.21. The van der Waals surface area contributed by atoms with Crippen LogP contribution >= 0.6 is 11.3 Å². The Morgan fingerprint density at radius 3 is 2.52 bits per heavy atom. The first-order valence-corrected chi connectivity index (χ1v) is 11.6. The zero-order chi connectivity index (χ0) is 23.0. The van der Waals surface area contributed by atoms with Gasteiger partial charge in [-0.05, 0) is 60.5 Å². The number of carbonyl (C=O) groups excluding carboxylic acids is 1. The van der Waals surface area contributed by atoms with Gasteiger partial charge >= 0.3 is 0 Å². The highest BCUT2D eigenvalue weighted by atomic mass is 32.1. The first-order chi connectivity index (χ1) is 16.2. The summed E-state index contributed by atoms with van der Waals surface area (Å²) in [6.45, 7) is 3.29. The summed E-state index contributed by atoms with van der Waals surface area (Å²) in [6, 6.07) is 18.7. The van der Waals surface area contributed by atoms with Crippen LogP contribution < -0.4 is 14.8 Å². The molecule has 0 aliphatic carbocycles. The van der Waals surface area contributed by atoms with Gasteiger partial charge in [0.25, 0.3) is 11.8 Å². The first kappa shape index (κ1) is 22.5. The summed E-state index contributed by atoms with van der Waals surface area (Å²) in [7, 11) is 1.62. The van der Waals surface area contributed by atoms with Gasteiger partial charge in [-0.3, -0.25) is 4.79 Å². The van der Waals surface area contributed by atoms with Crippen LogP contribution in [0, 0.1) is 0 Å². The van der Waals surface area contributed by atoms with Gasteiger partial charge in [0.15, 0.2) is 0 Å². The van der Waals surface area contributed by atoms with Crippen molar-refractivity contribution in [1.29, 1.82) is 0 Å². The summed E-state index contributed by atoms with van der Waals surface area (Å²) < 4.78 is 16.2. The minimum atomic E-state index is -0.145. The second-order valence-corrected chi connectivity index (χ2v) is 8.43. The van der Waals surface area contributed by atoms with Gasteiger partial charge in [-0.15, -0.1) is 11.3 Å². The van der Waals surface area contributed by atoms with E-state index in [9.17, 15) is 4.79 Å². The zero-order valence-electron chi connectivity index (χ0n) is 18.5. The Labute approximate surface area is 196 Å². The third-order valence-corrected chi connectivity index (χ3v) is 6.04. The number of nitrogens with zero attached hydrogens (tertiary/aromatic N) is 2. The molecule has 0 atom stereocenters. The summed E-state index contributed by atoms with van der Waals surface area (Å²) in [5, 5.41) is 7.00. The van der Waals surface area contributed by atoms with Crippen LogP contribution in [0.25, 0.3) is 22.2 Å². The van der Waals surface area contributed by atoms with Crippen molar-refractivity contribution in [1.82, 2.24) is 15.5 Å². The SMILES string of the molecule is CCCCOc1ccc(CNC(=O)c2ccc(-c3noc(-c4ccc(OC)cc4)n3)s2)cc1. The molecule has 0 bridgehead atoms. The molecule has 7 nitrogen and oxygen atoms in total. The number of unbranched alkanes of at least 4 members (excludes halogenated alkanes) is 1. The molecule has 8 heteroatoms. The normalized spacial score (nSPS) is 10.7. The molecule has 2 heterocycles. The van der Waals surface area contributed by atoms with E-state index in [0.29, 0.717) is 23.1 Å². The number of hydrogen-bond acceptors (Lipinski definition) is 7. The number of rotatable bonds is 10. The van der Waals surface area contributed by atoms with Crippen molar-refractivity contribution in [3.8, 4) is 33.7 Å². The number of hydrogen-bond donors (Lipinski definition) is 1. The Morgan fingerprint density at radius 2 is 1.79 bits per heavy atom. The maximum absolute atomic E-state index is 12.6. The van der Waals surface area contributed by atoms with Crippen LogP contribution in [0.4, 0.5) is 0 Å². The van der Waals surface area contributed by atoms with Gasteiger partial charge in [0.05, 0.1) is 23.5 Å². The molecule has 0 aliphatic heterocycles. The van der Waals surface area contributed by atoms with Gasteiger partial charge in [-0.1, -0.05) is 30.6 Å². The van der Waals surface area contributed by atoms with Gasteiger partial charge < -0.3 is 19.3 Å². The van der Waals surface area contributed by atoms with E-state index in [0.717, 1.165) is 47.0 Å². The standard InChI is InChI=1S/C25H25N3O4S/c1-3-4-15-31-20-9-5-17(6-10-20)16-26-24(29)22-14-13-21(33-22)23-27-25(32-28-23)18-7-11-19(30-2)12-8-18/h5-14H,3-4,15-16H2,1-2H3,(H,26,29). The summed E-state index contributed by atoms with van der Waals surface area (Å²) in [5.41, 5.74) is 1.80. The van der Waals surface area contributed by atoms with Crippen LogP contribution in [0.2, 0.25) is 0 Å². The van der Waals surface area contributed by atoms with E-state index in [4.69, 9.17) is 14.0 Å². The van der Waals surface area contributed by atoms with Gasteiger partial charge in [-0.25, -0.2) is 0 Å². The van der Waals surface area contributed by atoms with Crippen molar-refractivity contribution in [3.05, 3.63) is 71.1 Å². The first-order valence-electron chi connectivity index (χ1n) is 10.7. The Hall–Kier alpha value is -3.65. The van der Waals surface area contributed by atoms with Crippen LogP contribution in [-0.2, 0) is 6.54 Å². The number of amides is 1. The van der Waals surface area contributed by atoms with E-state index >= 15 is 0 Å². The van der Waals surface area contributed by atoms with Crippen molar-refractivity contribution in [3.63, 3.8) is 0 Å². The van der Waals surface area contributed by atoms with Crippen LogP contribution in [0.3, 0.4) is 0 Å². The largest absolute Gasteiger partial charge is 0.497 e. The minimum Gasteiger partial charge on any atom is -0.497 e. The van der Waals surface area contributed by atoms with Crippen LogP contribution in [0.1, 0.15) is 35.0 Å². The molecule has 0 radical (unpaired) electrons. The Morgan fingerprint density at radius 1 is 1.03 bits per heavy atom. The highest BCUT2D eigenvalue weighted by Gasteiger charge is 2.15. The highest BCUT2D eigenvalue weighted by molar-refractivity contribution is 7.17. The topological polar surface area (TPSA) is 86.5 Å². The molecule has 0 unspecified atom stereocenters. The molecule has 0 aliphatic rings. The molecule has 170 valence electrons. The van der Waals surface area contributed by atoms with Crippen molar-refractivity contribution in [2.75, 3.05) is 13.7 Å². The third kappa shape index (κ3) is 5.78. The summed E-state index contributed by atoms with van der Waals surface area (Å²) >= 11 is 1.32. The van der Waals surface area contributed by atoms with Gasteiger partial charge in [-0.2, -0.15) is 4.98 Å². The number of thiophene rings is 1. The zero-order valence-corrected chi connectivity index (χ0v) is 19.4. The van der Waals surface area contributed by atoms with E-state index in [2.05, 4.69) is 22.4 Å². The van der Waals surface area contributed by atoms with Crippen molar-refractivity contribution < 1.29 is 18.8 Å². The summed E-state index contributed by atoms with van der Waals surface area (Å²) in [5.74, 6) is 2.31. The fourth-order valence-corrected chi connectivity index (χ4v) is 3.91. The van der Waals surface area contributed by atoms with Crippen molar-refractivity contribution in [2.45, 2.75) is 26.3 Å². The molecule has 1 amide bonds. The van der Waals surface area contributed by atoms with Gasteiger partial charge in [0, 0.05) is 12.1 Å². The number of ether oxygens (including phenoxy) is 2. The summed E-state index contributed by atoms with van der Waals surface area (Å²) in [6.07, 6.45) is 2.14. The molecule has 4 rings (SSSR count). The highest BCUT2D eigenvalue weighted by Crippen LogP contribution is 2.29. The number of methoxy groups -OCH3 is 1. The third-order valence-electron chi connectivity index (χ3n) is 4.96. The number of aromatic nitrogens is 2. The molecule has 2 aromatic heterocycles. The van der Waals surface area contributed by atoms with Gasteiger partial charge in [0.2, 0.25) is 5.82 Å². The maximum atomic E-state index is 12.6. The molecule has 4 aromatic rings. The fourth-order valence-electron chi connectivity index (χ4n) is 3.06. The fraction of sp³-hybridized carbons (Fsp3) is 0.240. The number of carbonyl (C=O) groups is 1. The molecule has 0 spiro atoms. The Kier molecular flexibility index (Phi) is 7.36. The Bertz CT molecular complexity index is 1180. The smallest absolute Gasteiger partial charge is 0.261 e. The molecule has 1 N–H and O–H groups in total. The average Bonchev–Trinajstić information content (AvgIpc) is 3.54. The monoisotopic (exact) mass is 463 g/mol. The average molecular weight is 464 g/mol. The maximum Gasteiger partial charge on any atom is 0.261 e. The lowest BCUT2D eigenvalue weighted by molar-refractivity contribution is 0.0955. The molecule has 33 heavy (non-hydrogen) atoms. The number of nitrogens with one attached hydrogen (secondary N) is 1. The van der Waals surface area contributed by atoms with E-state index in [1.54, 1.807) is 13.2 Å². The van der Waals surface area contributed by atoms with E-state index < -0.39 is 0 Å². The molecule has 0 saturated heterocycles. The second-order valence-electron chi connectivity index (χ2n) is 7.34. The predicted molar refractivity (Wildman–Crippen MR) is 128 cm³/mol. The molecular weight excluding hydrogens is 438 g/mol. The molecule has 2 aromatic carbocycles. The quantitative estimate of drug-likeness (QED) is 0.309. The predicted octanol–water partition coefficient (Wildman–Crippen LogP) is 5.58. The number of benzene rings is 2. The van der Waals surface area contributed by atoms with Crippen LogP contribution in [0.15, 0.2) is 65.2 Å².